The molecule has 2 heterocycles. The zero-order chi connectivity index (χ0) is 28.2. The first-order chi connectivity index (χ1) is 20.7. The van der Waals surface area contributed by atoms with Crippen LogP contribution in [0, 0.1) is 0 Å². The fourth-order valence-corrected chi connectivity index (χ4v) is 6.17. The van der Waals surface area contributed by atoms with Gasteiger partial charge in [-0.05, 0) is 77.9 Å². The van der Waals surface area contributed by atoms with Crippen LogP contribution in [0.15, 0.2) is 155 Å². The first kappa shape index (κ1) is 24.1. The first-order valence-electron chi connectivity index (χ1n) is 14.0. The summed E-state index contributed by atoms with van der Waals surface area (Å²) in [4.78, 5) is 30.0. The molecule has 0 fully saturated rings. The van der Waals surface area contributed by atoms with Crippen LogP contribution in [0.5, 0.6) is 0 Å². The van der Waals surface area contributed by atoms with Crippen molar-refractivity contribution in [1.82, 2.24) is 4.40 Å². The van der Waals surface area contributed by atoms with Crippen LogP contribution in [0.4, 0.5) is 17.1 Å². The van der Waals surface area contributed by atoms with Gasteiger partial charge in [-0.25, -0.2) is 0 Å². The molecule has 0 amide bonds. The second-order valence-corrected chi connectivity index (χ2v) is 10.5. The highest BCUT2D eigenvalue weighted by molar-refractivity contribution is 6.08. The first-order valence-corrected chi connectivity index (χ1v) is 14.0. The Bertz CT molecular complexity index is 2340. The largest absolute Gasteiger partial charge is 0.310 e. The fraction of sp³-hybridized carbons (Fsp3) is 0. The van der Waals surface area contributed by atoms with Crippen LogP contribution in [0.25, 0.3) is 49.2 Å². The van der Waals surface area contributed by atoms with Crippen LogP contribution in [0.1, 0.15) is 0 Å². The molecule has 0 saturated carbocycles. The number of hydrogen-bond acceptors (Lipinski definition) is 3. The second-order valence-electron chi connectivity index (χ2n) is 10.5. The van der Waals surface area contributed by atoms with Gasteiger partial charge in [0.25, 0.3) is 0 Å². The molecule has 2 aromatic heterocycles. The van der Waals surface area contributed by atoms with Gasteiger partial charge < -0.3 is 9.30 Å². The molecule has 4 nitrogen and oxygen atoms in total. The molecule has 0 aliphatic carbocycles. The molecule has 4 heteroatoms. The minimum absolute atomic E-state index is 0.0708. The van der Waals surface area contributed by atoms with Crippen molar-refractivity contribution >= 4 is 55.2 Å². The van der Waals surface area contributed by atoms with E-state index in [0.29, 0.717) is 27.1 Å². The van der Waals surface area contributed by atoms with Crippen LogP contribution in [-0.2, 0) is 0 Å². The van der Waals surface area contributed by atoms with Crippen molar-refractivity contribution in [2.24, 2.45) is 0 Å². The molecule has 0 N–H and O–H groups in total. The summed E-state index contributed by atoms with van der Waals surface area (Å²) in [6, 6.07) is 47.9. The summed E-state index contributed by atoms with van der Waals surface area (Å²) >= 11 is 0. The smallest absolute Gasteiger partial charge is 0.197 e. The maximum absolute atomic E-state index is 13.9. The lowest BCUT2D eigenvalue weighted by Gasteiger charge is -2.26. The van der Waals surface area contributed by atoms with E-state index in [9.17, 15) is 9.59 Å². The second kappa shape index (κ2) is 9.43. The standard InChI is InChI=1S/C38H24N2O2/c41-37-30-21-20-29(39(27-13-6-2-7-14-27)28-15-8-3-9-16-28)24-35(30)40-34-22-19-26(25-11-4-1-5-12-25)23-33(34)38(42)32-18-10-17-31(37)36(32)40/h1-24H. The van der Waals surface area contributed by atoms with Gasteiger partial charge in [-0.1, -0.05) is 78.9 Å². The third-order valence-electron chi connectivity index (χ3n) is 8.09. The summed E-state index contributed by atoms with van der Waals surface area (Å²) in [6.45, 7) is 0. The predicted octanol–water partition coefficient (Wildman–Crippen LogP) is 8.69. The van der Waals surface area contributed by atoms with E-state index in [4.69, 9.17) is 0 Å². The van der Waals surface area contributed by atoms with Crippen LogP contribution in [0.3, 0.4) is 0 Å². The molecular weight excluding hydrogens is 516 g/mol. The molecular formula is C38H24N2O2. The number of pyridine rings is 2. The monoisotopic (exact) mass is 540 g/mol. The summed E-state index contributed by atoms with van der Waals surface area (Å²) in [6.07, 6.45) is 0. The lowest BCUT2D eigenvalue weighted by Crippen LogP contribution is -2.15. The van der Waals surface area contributed by atoms with E-state index in [2.05, 4.69) is 45.7 Å². The van der Waals surface area contributed by atoms with Gasteiger partial charge in [0, 0.05) is 38.6 Å². The number of rotatable bonds is 4. The summed E-state index contributed by atoms with van der Waals surface area (Å²) in [5.74, 6) is 0. The van der Waals surface area contributed by atoms with E-state index >= 15 is 0 Å². The number of aromatic nitrogens is 1. The van der Waals surface area contributed by atoms with Gasteiger partial charge in [-0.2, -0.15) is 0 Å². The zero-order valence-corrected chi connectivity index (χ0v) is 22.6. The number of benzene rings is 6. The Kier molecular flexibility index (Phi) is 5.41. The molecule has 0 bridgehead atoms. The fourth-order valence-electron chi connectivity index (χ4n) is 6.17. The molecule has 0 radical (unpaired) electrons. The van der Waals surface area contributed by atoms with E-state index in [1.54, 1.807) is 6.07 Å². The van der Waals surface area contributed by atoms with Crippen molar-refractivity contribution in [2.45, 2.75) is 0 Å². The highest BCUT2D eigenvalue weighted by Gasteiger charge is 2.19. The quantitative estimate of drug-likeness (QED) is 0.166. The summed E-state index contributed by atoms with van der Waals surface area (Å²) in [7, 11) is 0. The lowest BCUT2D eigenvalue weighted by molar-refractivity contribution is 1.27. The van der Waals surface area contributed by atoms with E-state index in [1.165, 1.54) is 0 Å². The predicted molar refractivity (Wildman–Crippen MR) is 174 cm³/mol. The summed E-state index contributed by atoms with van der Waals surface area (Å²) < 4.78 is 2.10. The minimum atomic E-state index is -0.0761. The molecule has 0 spiro atoms. The van der Waals surface area contributed by atoms with E-state index in [-0.39, 0.29) is 10.9 Å². The average molecular weight is 541 g/mol. The van der Waals surface area contributed by atoms with Crippen LogP contribution < -0.4 is 15.8 Å². The van der Waals surface area contributed by atoms with Crippen molar-refractivity contribution in [3.05, 3.63) is 166 Å². The SMILES string of the molecule is O=c1c2cc(-c3ccccc3)ccc2n2c3cc(N(c4ccccc4)c4ccccc4)ccc3c(=O)c3cccc1c32. The van der Waals surface area contributed by atoms with Crippen LogP contribution in [0.2, 0.25) is 0 Å². The van der Waals surface area contributed by atoms with E-state index in [1.807, 2.05) is 103 Å². The number of fused-ring (bicyclic) bond motifs is 4. The number of anilines is 3. The maximum Gasteiger partial charge on any atom is 0.197 e. The third-order valence-corrected chi connectivity index (χ3v) is 8.09. The molecule has 0 atom stereocenters. The Labute approximate surface area is 241 Å². The van der Waals surface area contributed by atoms with Crippen molar-refractivity contribution in [3.63, 3.8) is 0 Å². The molecule has 8 rings (SSSR count). The van der Waals surface area contributed by atoms with Crippen molar-refractivity contribution in [2.75, 3.05) is 4.90 Å². The van der Waals surface area contributed by atoms with Gasteiger partial charge >= 0.3 is 0 Å². The van der Waals surface area contributed by atoms with Gasteiger partial charge in [0.05, 0.1) is 16.6 Å². The lowest BCUT2D eigenvalue weighted by atomic mass is 9.99. The normalized spacial score (nSPS) is 11.5. The van der Waals surface area contributed by atoms with Gasteiger partial charge in [-0.3, -0.25) is 9.59 Å². The van der Waals surface area contributed by atoms with Gasteiger partial charge in [0.15, 0.2) is 10.9 Å². The maximum atomic E-state index is 13.9. The Hall–Kier alpha value is -5.74. The Morgan fingerprint density at radius 1 is 0.405 bits per heavy atom. The average Bonchev–Trinajstić information content (AvgIpc) is 3.06. The molecule has 8 aromatic rings. The van der Waals surface area contributed by atoms with E-state index in [0.717, 1.165) is 39.2 Å². The van der Waals surface area contributed by atoms with E-state index < -0.39 is 0 Å². The van der Waals surface area contributed by atoms with Crippen molar-refractivity contribution in [1.29, 1.82) is 0 Å². The Balaban J connectivity index is 1.50. The molecule has 0 unspecified atom stereocenters. The highest BCUT2D eigenvalue weighted by atomic mass is 16.1. The molecule has 42 heavy (non-hydrogen) atoms. The van der Waals surface area contributed by atoms with Gasteiger partial charge in [0.2, 0.25) is 0 Å². The molecule has 198 valence electrons. The van der Waals surface area contributed by atoms with Gasteiger partial charge in [-0.15, -0.1) is 0 Å². The topological polar surface area (TPSA) is 41.8 Å². The molecule has 6 aromatic carbocycles. The molecule has 0 aliphatic heterocycles. The summed E-state index contributed by atoms with van der Waals surface area (Å²) in [5, 5.41) is 2.31. The van der Waals surface area contributed by atoms with Crippen LogP contribution in [-0.4, -0.2) is 4.40 Å². The van der Waals surface area contributed by atoms with Crippen LogP contribution >= 0.6 is 0 Å². The number of hydrogen-bond donors (Lipinski definition) is 0. The summed E-state index contributed by atoms with van der Waals surface area (Å²) in [5.41, 5.74) is 7.00. The number of para-hydroxylation sites is 3. The minimum Gasteiger partial charge on any atom is -0.310 e. The third kappa shape index (κ3) is 3.62. The Morgan fingerprint density at radius 3 is 1.64 bits per heavy atom. The van der Waals surface area contributed by atoms with Crippen molar-refractivity contribution in [3.8, 4) is 11.1 Å². The van der Waals surface area contributed by atoms with Gasteiger partial charge in [0.1, 0.15) is 0 Å². The molecule has 0 aliphatic rings. The number of nitrogens with zero attached hydrogens (tertiary/aromatic N) is 2. The Morgan fingerprint density at radius 2 is 1.00 bits per heavy atom. The highest BCUT2D eigenvalue weighted by Crippen LogP contribution is 2.37. The van der Waals surface area contributed by atoms with Crippen molar-refractivity contribution < 1.29 is 0 Å². The zero-order valence-electron chi connectivity index (χ0n) is 22.6. The molecule has 0 saturated heterocycles.